The Morgan fingerprint density at radius 2 is 2.25 bits per heavy atom. The van der Waals surface area contributed by atoms with Crippen LogP contribution in [-0.4, -0.2) is 39.0 Å². The number of hydrogen-bond acceptors (Lipinski definition) is 4. The normalized spacial score (nSPS) is 11.9. The van der Waals surface area contributed by atoms with Crippen molar-refractivity contribution in [3.63, 3.8) is 0 Å². The van der Waals surface area contributed by atoms with Gasteiger partial charge in [0.2, 0.25) is 0 Å². The molecule has 7 heteroatoms. The number of carbonyl (C=O) groups excluding carboxylic acids is 1. The van der Waals surface area contributed by atoms with Crippen molar-refractivity contribution in [1.29, 1.82) is 0 Å². The maximum atomic E-state index is 12.3. The maximum Gasteiger partial charge on any atom is 0.269 e. The van der Waals surface area contributed by atoms with E-state index in [-0.39, 0.29) is 11.9 Å². The van der Waals surface area contributed by atoms with E-state index < -0.39 is 0 Å². The zero-order valence-electron chi connectivity index (χ0n) is 13.6. The molecule has 0 aliphatic rings. The third kappa shape index (κ3) is 3.62. The molecule has 0 saturated heterocycles. The fourth-order valence-corrected chi connectivity index (χ4v) is 2.40. The van der Waals surface area contributed by atoms with E-state index in [0.29, 0.717) is 17.9 Å². The average Bonchev–Trinajstić information content (AvgIpc) is 3.26. The largest absolute Gasteiger partial charge is 0.497 e. The number of aromatic amines is 1. The topological polar surface area (TPSA) is 84.8 Å². The molecular weight excluding hydrogens is 306 g/mol. The van der Waals surface area contributed by atoms with Crippen molar-refractivity contribution in [3.8, 4) is 17.0 Å². The smallest absolute Gasteiger partial charge is 0.269 e. The lowest BCUT2D eigenvalue weighted by Crippen LogP contribution is -2.36. The van der Waals surface area contributed by atoms with E-state index >= 15 is 0 Å². The van der Waals surface area contributed by atoms with Crippen LogP contribution in [0.25, 0.3) is 11.3 Å². The quantitative estimate of drug-likeness (QED) is 0.727. The summed E-state index contributed by atoms with van der Waals surface area (Å²) in [6, 6.07) is 11.1. The van der Waals surface area contributed by atoms with Gasteiger partial charge in [0, 0.05) is 24.0 Å². The monoisotopic (exact) mass is 325 g/mol. The van der Waals surface area contributed by atoms with E-state index in [1.54, 1.807) is 24.1 Å². The molecule has 124 valence electrons. The van der Waals surface area contributed by atoms with Crippen LogP contribution >= 0.6 is 0 Å². The third-order valence-corrected chi connectivity index (χ3v) is 3.59. The van der Waals surface area contributed by atoms with E-state index in [9.17, 15) is 4.79 Å². The van der Waals surface area contributed by atoms with Gasteiger partial charge < -0.3 is 10.1 Å². The summed E-state index contributed by atoms with van der Waals surface area (Å²) >= 11 is 0. The first-order valence-electron chi connectivity index (χ1n) is 7.64. The number of H-pyrrole nitrogens is 1. The molecule has 24 heavy (non-hydrogen) atoms. The number of rotatable bonds is 6. The van der Waals surface area contributed by atoms with Crippen LogP contribution in [0, 0.1) is 0 Å². The van der Waals surface area contributed by atoms with Crippen LogP contribution in [0.4, 0.5) is 0 Å². The predicted molar refractivity (Wildman–Crippen MR) is 89.7 cm³/mol. The van der Waals surface area contributed by atoms with Crippen molar-refractivity contribution in [2.24, 2.45) is 0 Å². The van der Waals surface area contributed by atoms with Gasteiger partial charge in [0.25, 0.3) is 5.91 Å². The van der Waals surface area contributed by atoms with Crippen LogP contribution in [0.3, 0.4) is 0 Å². The van der Waals surface area contributed by atoms with Gasteiger partial charge in [-0.25, -0.2) is 0 Å². The molecule has 1 atom stereocenters. The molecule has 0 radical (unpaired) electrons. The van der Waals surface area contributed by atoms with Gasteiger partial charge in [0.05, 0.1) is 19.3 Å². The second kappa shape index (κ2) is 6.99. The minimum Gasteiger partial charge on any atom is -0.497 e. The highest BCUT2D eigenvalue weighted by Crippen LogP contribution is 2.22. The Balaban J connectivity index is 1.67. The molecule has 7 nitrogen and oxygen atoms in total. The van der Waals surface area contributed by atoms with Crippen molar-refractivity contribution in [3.05, 3.63) is 54.5 Å². The molecule has 2 heterocycles. The minimum atomic E-state index is -0.198. The van der Waals surface area contributed by atoms with E-state index in [4.69, 9.17) is 4.74 Å². The van der Waals surface area contributed by atoms with Gasteiger partial charge in [-0.15, -0.1) is 0 Å². The van der Waals surface area contributed by atoms with Gasteiger partial charge in [-0.2, -0.15) is 10.2 Å². The molecule has 2 aromatic heterocycles. The van der Waals surface area contributed by atoms with E-state index in [2.05, 4.69) is 20.6 Å². The number of methoxy groups -OCH3 is 1. The van der Waals surface area contributed by atoms with Crippen LogP contribution in [0.1, 0.15) is 17.4 Å². The standard InChI is InChI=1S/C17H19N5O2/c1-12(11-22-8-4-7-18-22)19-17(23)16-10-15(20-21-16)13-5-3-6-14(9-13)24-2/h3-10,12H,11H2,1-2H3,(H,19,23)(H,20,21)/t12-/m0/s1. The second-order valence-electron chi connectivity index (χ2n) is 5.50. The minimum absolute atomic E-state index is 0.0547. The number of aromatic nitrogens is 4. The SMILES string of the molecule is COc1cccc(-c2cc(C(=O)N[C@@H](C)Cn3cccn3)[nH]n2)c1. The molecule has 0 aliphatic carbocycles. The number of amides is 1. The van der Waals surface area contributed by atoms with Crippen molar-refractivity contribution in [2.45, 2.75) is 19.5 Å². The molecule has 3 aromatic rings. The molecule has 0 aliphatic heterocycles. The van der Waals surface area contributed by atoms with Gasteiger partial charge in [0.15, 0.2) is 0 Å². The Bertz CT molecular complexity index is 810. The summed E-state index contributed by atoms with van der Waals surface area (Å²) in [5.41, 5.74) is 1.99. The molecule has 0 unspecified atom stereocenters. The van der Waals surface area contributed by atoms with Gasteiger partial charge in [-0.05, 0) is 31.2 Å². The first kappa shape index (κ1) is 15.8. The summed E-state index contributed by atoms with van der Waals surface area (Å²) < 4.78 is 6.99. The highest BCUT2D eigenvalue weighted by atomic mass is 16.5. The van der Waals surface area contributed by atoms with Crippen molar-refractivity contribution < 1.29 is 9.53 Å². The number of hydrogen-bond donors (Lipinski definition) is 2. The lowest BCUT2D eigenvalue weighted by atomic mass is 10.1. The van der Waals surface area contributed by atoms with Gasteiger partial charge in [-0.1, -0.05) is 12.1 Å². The van der Waals surface area contributed by atoms with Gasteiger partial charge in [0.1, 0.15) is 11.4 Å². The van der Waals surface area contributed by atoms with Crippen molar-refractivity contribution in [2.75, 3.05) is 7.11 Å². The van der Waals surface area contributed by atoms with Crippen molar-refractivity contribution in [1.82, 2.24) is 25.3 Å². The zero-order chi connectivity index (χ0) is 16.9. The van der Waals surface area contributed by atoms with E-state index in [1.807, 2.05) is 43.5 Å². The Labute approximate surface area is 139 Å². The van der Waals surface area contributed by atoms with Crippen LogP contribution in [0.2, 0.25) is 0 Å². The Kier molecular flexibility index (Phi) is 4.60. The molecule has 0 saturated carbocycles. The fourth-order valence-electron chi connectivity index (χ4n) is 2.40. The molecule has 1 aromatic carbocycles. The lowest BCUT2D eigenvalue weighted by Gasteiger charge is -2.12. The number of carbonyl (C=O) groups is 1. The number of ether oxygens (including phenoxy) is 1. The van der Waals surface area contributed by atoms with Gasteiger partial charge >= 0.3 is 0 Å². The van der Waals surface area contributed by atoms with Gasteiger partial charge in [-0.3, -0.25) is 14.6 Å². The molecule has 1 amide bonds. The molecule has 2 N–H and O–H groups in total. The number of benzene rings is 1. The van der Waals surface area contributed by atoms with E-state index in [1.165, 1.54) is 0 Å². The van der Waals surface area contributed by atoms with Crippen LogP contribution in [0.15, 0.2) is 48.8 Å². The highest BCUT2D eigenvalue weighted by molar-refractivity contribution is 5.93. The van der Waals surface area contributed by atoms with Crippen LogP contribution in [-0.2, 0) is 6.54 Å². The number of nitrogens with zero attached hydrogens (tertiary/aromatic N) is 3. The fraction of sp³-hybridized carbons (Fsp3) is 0.235. The van der Waals surface area contributed by atoms with Crippen molar-refractivity contribution >= 4 is 5.91 Å². The molecule has 0 fully saturated rings. The summed E-state index contributed by atoms with van der Waals surface area (Å²) in [5.74, 6) is 0.547. The third-order valence-electron chi connectivity index (χ3n) is 3.59. The molecule has 0 spiro atoms. The summed E-state index contributed by atoms with van der Waals surface area (Å²) in [6.07, 6.45) is 3.57. The zero-order valence-corrected chi connectivity index (χ0v) is 13.6. The predicted octanol–water partition coefficient (Wildman–Crippen LogP) is 2.10. The summed E-state index contributed by atoms with van der Waals surface area (Å²) in [6.45, 7) is 2.54. The Morgan fingerprint density at radius 1 is 1.38 bits per heavy atom. The summed E-state index contributed by atoms with van der Waals surface area (Å²) in [5, 5.41) is 14.0. The first-order chi connectivity index (χ1) is 11.7. The lowest BCUT2D eigenvalue weighted by molar-refractivity contribution is 0.0931. The first-order valence-corrected chi connectivity index (χ1v) is 7.64. The maximum absolute atomic E-state index is 12.3. The van der Waals surface area contributed by atoms with Crippen LogP contribution in [0.5, 0.6) is 5.75 Å². The van der Waals surface area contributed by atoms with Crippen LogP contribution < -0.4 is 10.1 Å². The highest BCUT2D eigenvalue weighted by Gasteiger charge is 2.14. The molecule has 0 bridgehead atoms. The Hall–Kier alpha value is -3.09. The molecule has 3 rings (SSSR count). The summed E-state index contributed by atoms with van der Waals surface area (Å²) in [4.78, 5) is 12.3. The average molecular weight is 325 g/mol. The molecular formula is C17H19N5O2. The summed E-state index contributed by atoms with van der Waals surface area (Å²) in [7, 11) is 1.61. The Morgan fingerprint density at radius 3 is 3.00 bits per heavy atom. The van der Waals surface area contributed by atoms with E-state index in [0.717, 1.165) is 11.3 Å². The second-order valence-corrected chi connectivity index (χ2v) is 5.50. The number of nitrogens with one attached hydrogen (secondary N) is 2.